The third kappa shape index (κ3) is 2.69. The van der Waals surface area contributed by atoms with Gasteiger partial charge in [-0.25, -0.2) is 4.39 Å². The second-order valence-corrected chi connectivity index (χ2v) is 5.82. The Labute approximate surface area is 119 Å². The number of likely N-dealkylation sites (tertiary alicyclic amines) is 1. The molecule has 1 fully saturated rings. The van der Waals surface area contributed by atoms with E-state index in [1.807, 2.05) is 6.92 Å². The molecule has 2 nitrogen and oxygen atoms in total. The van der Waals surface area contributed by atoms with E-state index in [9.17, 15) is 9.18 Å². The van der Waals surface area contributed by atoms with Gasteiger partial charge in [0.05, 0.1) is 10.6 Å². The van der Waals surface area contributed by atoms with E-state index in [2.05, 4.69) is 15.9 Å². The molecule has 98 valence electrons. The number of nitrogens with zero attached hydrogens (tertiary/aromatic N) is 1. The molecule has 2 rings (SSSR count). The van der Waals surface area contributed by atoms with Gasteiger partial charge in [0.15, 0.2) is 0 Å². The Morgan fingerprint density at radius 1 is 1.50 bits per heavy atom. The average molecular weight is 335 g/mol. The van der Waals surface area contributed by atoms with Crippen molar-refractivity contribution < 1.29 is 9.18 Å². The maximum Gasteiger partial charge on any atom is 0.255 e. The summed E-state index contributed by atoms with van der Waals surface area (Å²) >= 11 is 9.23. The van der Waals surface area contributed by atoms with Crippen LogP contribution in [0.15, 0.2) is 16.6 Å². The highest BCUT2D eigenvalue weighted by Gasteiger charge is 2.26. The molecule has 1 saturated heterocycles. The molecule has 0 radical (unpaired) electrons. The van der Waals surface area contributed by atoms with Crippen LogP contribution >= 0.6 is 27.5 Å². The quantitative estimate of drug-likeness (QED) is 0.703. The first kappa shape index (κ1) is 13.8. The van der Waals surface area contributed by atoms with Crippen LogP contribution in [-0.4, -0.2) is 23.4 Å². The van der Waals surface area contributed by atoms with Crippen LogP contribution in [0.5, 0.6) is 0 Å². The van der Waals surface area contributed by atoms with E-state index in [0.29, 0.717) is 11.0 Å². The van der Waals surface area contributed by atoms with E-state index in [1.165, 1.54) is 12.1 Å². The molecule has 1 atom stereocenters. The second-order valence-electron chi connectivity index (χ2n) is 4.59. The third-order valence-corrected chi connectivity index (χ3v) is 4.55. The van der Waals surface area contributed by atoms with Crippen LogP contribution in [0.25, 0.3) is 0 Å². The fourth-order valence-corrected chi connectivity index (χ4v) is 2.89. The minimum Gasteiger partial charge on any atom is -0.336 e. The average Bonchev–Trinajstić information content (AvgIpc) is 2.33. The molecule has 0 aromatic heterocycles. The summed E-state index contributed by atoms with van der Waals surface area (Å²) in [5.74, 6) is -0.647. The number of hydrogen-bond acceptors (Lipinski definition) is 1. The van der Waals surface area contributed by atoms with Gasteiger partial charge in [-0.1, -0.05) is 11.6 Å². The number of carbonyl (C=O) groups excluding carboxylic acids is 1. The molecule has 1 amide bonds. The van der Waals surface area contributed by atoms with Gasteiger partial charge in [-0.05, 0) is 54.2 Å². The summed E-state index contributed by atoms with van der Waals surface area (Å²) in [7, 11) is 0. The molecule has 1 aromatic rings. The van der Waals surface area contributed by atoms with Crippen LogP contribution in [0.3, 0.4) is 0 Å². The van der Waals surface area contributed by atoms with Crippen molar-refractivity contribution in [3.63, 3.8) is 0 Å². The first-order valence-electron chi connectivity index (χ1n) is 5.96. The zero-order chi connectivity index (χ0) is 13.3. The standard InChI is InChI=1S/C13H14BrClFNO/c1-8-4-2-3-5-17(8)13(18)10-6-9(16)7-11(14)12(10)15/h6-8H,2-5H2,1H3. The molecule has 0 aliphatic carbocycles. The summed E-state index contributed by atoms with van der Waals surface area (Å²) in [5.41, 5.74) is 0.234. The number of carbonyl (C=O) groups is 1. The summed E-state index contributed by atoms with van der Waals surface area (Å²) < 4.78 is 13.8. The Bertz CT molecular complexity index is 480. The lowest BCUT2D eigenvalue weighted by atomic mass is 10.0. The fraction of sp³-hybridized carbons (Fsp3) is 0.462. The Balaban J connectivity index is 2.33. The molecule has 0 N–H and O–H groups in total. The van der Waals surface area contributed by atoms with E-state index in [0.717, 1.165) is 19.3 Å². The van der Waals surface area contributed by atoms with Gasteiger partial charge in [-0.3, -0.25) is 4.79 Å². The summed E-state index contributed by atoms with van der Waals surface area (Å²) in [6, 6.07) is 2.65. The molecule has 18 heavy (non-hydrogen) atoms. The van der Waals surface area contributed by atoms with Crippen LogP contribution in [0.4, 0.5) is 4.39 Å². The highest BCUT2D eigenvalue weighted by atomic mass is 79.9. The lowest BCUT2D eigenvalue weighted by Gasteiger charge is -2.33. The molecule has 0 bridgehead atoms. The van der Waals surface area contributed by atoms with E-state index < -0.39 is 5.82 Å². The van der Waals surface area contributed by atoms with Gasteiger partial charge in [0.25, 0.3) is 5.91 Å². The maximum atomic E-state index is 13.4. The number of amides is 1. The van der Waals surface area contributed by atoms with Gasteiger partial charge in [-0.2, -0.15) is 0 Å². The molecule has 0 saturated carbocycles. The zero-order valence-corrected chi connectivity index (χ0v) is 12.4. The van der Waals surface area contributed by atoms with Gasteiger partial charge in [0, 0.05) is 17.1 Å². The molecule has 1 heterocycles. The predicted molar refractivity (Wildman–Crippen MR) is 73.5 cm³/mol. The molecule has 1 aromatic carbocycles. The lowest BCUT2D eigenvalue weighted by Crippen LogP contribution is -2.42. The number of benzene rings is 1. The Hall–Kier alpha value is -0.610. The van der Waals surface area contributed by atoms with Crippen LogP contribution in [-0.2, 0) is 0 Å². The largest absolute Gasteiger partial charge is 0.336 e. The topological polar surface area (TPSA) is 20.3 Å². The van der Waals surface area contributed by atoms with E-state index in [4.69, 9.17) is 11.6 Å². The molecule has 0 spiro atoms. The van der Waals surface area contributed by atoms with Crippen LogP contribution < -0.4 is 0 Å². The number of piperidine rings is 1. The van der Waals surface area contributed by atoms with E-state index >= 15 is 0 Å². The lowest BCUT2D eigenvalue weighted by molar-refractivity contribution is 0.0635. The number of rotatable bonds is 1. The van der Waals surface area contributed by atoms with Crippen molar-refractivity contribution in [1.82, 2.24) is 4.90 Å². The summed E-state index contributed by atoms with van der Waals surface area (Å²) in [6.07, 6.45) is 3.11. The molecule has 1 unspecified atom stereocenters. The third-order valence-electron chi connectivity index (χ3n) is 3.29. The molecular formula is C13H14BrClFNO. The van der Waals surface area contributed by atoms with Crippen molar-refractivity contribution in [2.24, 2.45) is 0 Å². The fourth-order valence-electron chi connectivity index (χ4n) is 2.27. The van der Waals surface area contributed by atoms with Crippen LogP contribution in [0.2, 0.25) is 5.02 Å². The van der Waals surface area contributed by atoms with E-state index in [1.54, 1.807) is 4.90 Å². The Morgan fingerprint density at radius 3 is 2.89 bits per heavy atom. The molecule has 5 heteroatoms. The summed E-state index contributed by atoms with van der Waals surface area (Å²) in [5, 5.41) is 0.277. The minimum atomic E-state index is -0.459. The van der Waals surface area contributed by atoms with Crippen LogP contribution in [0.1, 0.15) is 36.5 Å². The van der Waals surface area contributed by atoms with Crippen molar-refractivity contribution in [3.05, 3.63) is 33.0 Å². The smallest absolute Gasteiger partial charge is 0.255 e. The molecule has 1 aliphatic heterocycles. The van der Waals surface area contributed by atoms with Gasteiger partial charge < -0.3 is 4.90 Å². The first-order valence-corrected chi connectivity index (χ1v) is 7.13. The van der Waals surface area contributed by atoms with Gasteiger partial charge >= 0.3 is 0 Å². The van der Waals surface area contributed by atoms with Gasteiger partial charge in [-0.15, -0.1) is 0 Å². The van der Waals surface area contributed by atoms with Crippen molar-refractivity contribution >= 4 is 33.4 Å². The van der Waals surface area contributed by atoms with Crippen molar-refractivity contribution in [2.75, 3.05) is 6.54 Å². The Morgan fingerprint density at radius 2 is 2.22 bits per heavy atom. The van der Waals surface area contributed by atoms with E-state index in [-0.39, 0.29) is 22.5 Å². The van der Waals surface area contributed by atoms with Crippen molar-refractivity contribution in [1.29, 1.82) is 0 Å². The highest BCUT2D eigenvalue weighted by Crippen LogP contribution is 2.30. The highest BCUT2D eigenvalue weighted by molar-refractivity contribution is 9.10. The summed E-state index contributed by atoms with van der Waals surface area (Å²) in [4.78, 5) is 14.2. The number of halogens is 3. The normalized spacial score (nSPS) is 20.0. The maximum absolute atomic E-state index is 13.4. The van der Waals surface area contributed by atoms with Gasteiger partial charge in [0.2, 0.25) is 0 Å². The van der Waals surface area contributed by atoms with Gasteiger partial charge in [0.1, 0.15) is 5.82 Å². The Kier molecular flexibility index (Phi) is 4.28. The second kappa shape index (κ2) is 5.57. The first-order chi connectivity index (χ1) is 8.50. The SMILES string of the molecule is CC1CCCCN1C(=O)c1cc(F)cc(Br)c1Cl. The predicted octanol–water partition coefficient (Wildman–Crippen LogP) is 4.26. The minimum absolute atomic E-state index is 0.185. The number of hydrogen-bond donors (Lipinski definition) is 0. The molecular weight excluding hydrogens is 321 g/mol. The van der Waals surface area contributed by atoms with Crippen molar-refractivity contribution in [3.8, 4) is 0 Å². The van der Waals surface area contributed by atoms with Crippen LogP contribution in [0, 0.1) is 5.82 Å². The molecule has 1 aliphatic rings. The van der Waals surface area contributed by atoms with Crippen molar-refractivity contribution in [2.45, 2.75) is 32.2 Å². The monoisotopic (exact) mass is 333 g/mol. The zero-order valence-electron chi connectivity index (χ0n) is 10.0. The summed E-state index contributed by atoms with van der Waals surface area (Å²) in [6.45, 7) is 2.73.